The van der Waals surface area contributed by atoms with Crippen LogP contribution in [-0.2, 0) is 9.59 Å². The Morgan fingerprint density at radius 1 is 1.25 bits per heavy atom. The third kappa shape index (κ3) is 3.92. The molecular formula is C10H7Cl2NO3. The van der Waals surface area contributed by atoms with Gasteiger partial charge < -0.3 is 10.4 Å². The van der Waals surface area contributed by atoms with E-state index < -0.39 is 11.9 Å². The van der Waals surface area contributed by atoms with Crippen LogP contribution in [-0.4, -0.2) is 17.0 Å². The van der Waals surface area contributed by atoms with Crippen LogP contribution in [0.15, 0.2) is 30.4 Å². The van der Waals surface area contributed by atoms with Crippen molar-refractivity contribution in [1.82, 2.24) is 0 Å². The van der Waals surface area contributed by atoms with Gasteiger partial charge >= 0.3 is 5.97 Å². The predicted molar refractivity (Wildman–Crippen MR) is 61.9 cm³/mol. The van der Waals surface area contributed by atoms with Gasteiger partial charge in [-0.2, -0.15) is 0 Å². The number of aliphatic carboxylic acids is 1. The molecule has 0 spiro atoms. The molecule has 4 nitrogen and oxygen atoms in total. The highest BCUT2D eigenvalue weighted by Crippen LogP contribution is 2.25. The monoisotopic (exact) mass is 259 g/mol. The van der Waals surface area contributed by atoms with Crippen molar-refractivity contribution < 1.29 is 14.7 Å². The molecule has 1 rings (SSSR count). The molecule has 16 heavy (non-hydrogen) atoms. The highest BCUT2D eigenvalue weighted by atomic mass is 35.5. The fourth-order valence-corrected chi connectivity index (χ4v) is 1.37. The van der Waals surface area contributed by atoms with E-state index in [1.165, 1.54) is 12.1 Å². The molecule has 0 aromatic heterocycles. The SMILES string of the molecule is O=C(O)/C=C/C(=O)Nc1ccc(Cl)cc1Cl. The van der Waals surface area contributed by atoms with Crippen molar-refractivity contribution in [1.29, 1.82) is 0 Å². The van der Waals surface area contributed by atoms with Crippen molar-refractivity contribution in [3.05, 3.63) is 40.4 Å². The van der Waals surface area contributed by atoms with E-state index in [1.807, 2.05) is 0 Å². The molecule has 1 aromatic carbocycles. The van der Waals surface area contributed by atoms with Gasteiger partial charge in [-0.3, -0.25) is 4.79 Å². The summed E-state index contributed by atoms with van der Waals surface area (Å²) in [6.07, 6.45) is 1.63. The number of nitrogens with one attached hydrogen (secondary N) is 1. The van der Waals surface area contributed by atoms with Crippen LogP contribution in [0.25, 0.3) is 0 Å². The molecule has 0 heterocycles. The zero-order valence-corrected chi connectivity index (χ0v) is 9.42. The lowest BCUT2D eigenvalue weighted by Crippen LogP contribution is -2.08. The first-order valence-corrected chi connectivity index (χ1v) is 4.91. The van der Waals surface area contributed by atoms with Gasteiger partial charge in [-0.25, -0.2) is 4.79 Å². The summed E-state index contributed by atoms with van der Waals surface area (Å²) in [5.41, 5.74) is 0.367. The Kier molecular flexibility index (Phi) is 4.34. The summed E-state index contributed by atoms with van der Waals surface area (Å²) in [4.78, 5) is 21.4. The summed E-state index contributed by atoms with van der Waals surface area (Å²) in [5.74, 6) is -1.77. The van der Waals surface area contributed by atoms with Gasteiger partial charge in [0.15, 0.2) is 0 Å². The van der Waals surface area contributed by atoms with Gasteiger partial charge in [0, 0.05) is 17.2 Å². The number of carbonyl (C=O) groups is 2. The topological polar surface area (TPSA) is 66.4 Å². The lowest BCUT2D eigenvalue weighted by atomic mass is 10.3. The van der Waals surface area contributed by atoms with E-state index in [4.69, 9.17) is 28.3 Å². The third-order valence-corrected chi connectivity index (χ3v) is 2.11. The molecule has 0 aliphatic rings. The van der Waals surface area contributed by atoms with Crippen LogP contribution in [0.5, 0.6) is 0 Å². The van der Waals surface area contributed by atoms with Gasteiger partial charge in [0.2, 0.25) is 5.91 Å². The Morgan fingerprint density at radius 3 is 2.50 bits per heavy atom. The minimum absolute atomic E-state index is 0.282. The number of hydrogen-bond donors (Lipinski definition) is 2. The lowest BCUT2D eigenvalue weighted by molar-refractivity contribution is -0.131. The van der Waals surface area contributed by atoms with Crippen LogP contribution in [0.4, 0.5) is 5.69 Å². The summed E-state index contributed by atoms with van der Waals surface area (Å²) in [7, 11) is 0. The molecule has 1 amide bonds. The Hall–Kier alpha value is -1.52. The number of carboxylic acids is 1. The second kappa shape index (κ2) is 5.53. The van der Waals surface area contributed by atoms with Gasteiger partial charge in [0.1, 0.15) is 0 Å². The molecule has 0 saturated heterocycles. The van der Waals surface area contributed by atoms with E-state index >= 15 is 0 Å². The maximum atomic E-state index is 11.2. The zero-order chi connectivity index (χ0) is 12.1. The minimum atomic E-state index is -1.20. The summed E-state index contributed by atoms with van der Waals surface area (Å²) in [5, 5.41) is 11.5. The number of benzene rings is 1. The molecule has 0 fully saturated rings. The highest BCUT2D eigenvalue weighted by molar-refractivity contribution is 6.36. The lowest BCUT2D eigenvalue weighted by Gasteiger charge is -2.04. The fourth-order valence-electron chi connectivity index (χ4n) is 0.912. The van der Waals surface area contributed by atoms with Gasteiger partial charge in [0.25, 0.3) is 0 Å². The predicted octanol–water partition coefficient (Wildman–Crippen LogP) is 2.57. The molecule has 0 radical (unpaired) electrons. The number of carboxylic acid groups (broad SMARTS) is 1. The van der Waals surface area contributed by atoms with E-state index in [-0.39, 0.29) is 5.02 Å². The molecule has 0 saturated carbocycles. The highest BCUT2D eigenvalue weighted by Gasteiger charge is 2.03. The minimum Gasteiger partial charge on any atom is -0.478 e. The van der Waals surface area contributed by atoms with Crippen LogP contribution in [0.1, 0.15) is 0 Å². The Labute approximate surface area is 101 Å². The summed E-state index contributed by atoms with van der Waals surface area (Å²) >= 11 is 11.5. The standard InChI is InChI=1S/C10H7Cl2NO3/c11-6-1-2-8(7(12)5-6)13-9(14)3-4-10(15)16/h1-5H,(H,13,14)(H,15,16)/b4-3+. The average molecular weight is 260 g/mol. The van der Waals surface area contributed by atoms with Gasteiger partial charge in [-0.05, 0) is 18.2 Å². The van der Waals surface area contributed by atoms with Crippen molar-refractivity contribution in [2.24, 2.45) is 0 Å². The second-order valence-electron chi connectivity index (χ2n) is 2.78. The largest absolute Gasteiger partial charge is 0.478 e. The van der Waals surface area contributed by atoms with E-state index in [2.05, 4.69) is 5.32 Å². The molecule has 84 valence electrons. The first-order valence-electron chi connectivity index (χ1n) is 4.16. The van der Waals surface area contributed by atoms with Crippen molar-refractivity contribution in [2.75, 3.05) is 5.32 Å². The molecule has 1 aromatic rings. The molecule has 0 unspecified atom stereocenters. The number of halogens is 2. The van der Waals surface area contributed by atoms with Gasteiger partial charge in [-0.15, -0.1) is 0 Å². The number of amides is 1. The smallest absolute Gasteiger partial charge is 0.328 e. The molecule has 0 bridgehead atoms. The zero-order valence-electron chi connectivity index (χ0n) is 7.91. The number of anilines is 1. The fraction of sp³-hybridized carbons (Fsp3) is 0. The number of carbonyl (C=O) groups excluding carboxylic acids is 1. The van der Waals surface area contributed by atoms with Crippen LogP contribution in [0.2, 0.25) is 10.0 Å². The van der Waals surface area contributed by atoms with E-state index in [1.54, 1.807) is 6.07 Å². The average Bonchev–Trinajstić information content (AvgIpc) is 2.19. The third-order valence-electron chi connectivity index (χ3n) is 1.57. The first kappa shape index (κ1) is 12.5. The maximum Gasteiger partial charge on any atom is 0.328 e. The molecule has 0 atom stereocenters. The van der Waals surface area contributed by atoms with E-state index in [0.717, 1.165) is 12.2 Å². The maximum absolute atomic E-state index is 11.2. The van der Waals surface area contributed by atoms with Crippen molar-refractivity contribution in [2.45, 2.75) is 0 Å². The van der Waals surface area contributed by atoms with Crippen molar-refractivity contribution in [3.63, 3.8) is 0 Å². The molecule has 0 aliphatic heterocycles. The van der Waals surface area contributed by atoms with Crippen LogP contribution in [0.3, 0.4) is 0 Å². The number of rotatable bonds is 3. The molecule has 6 heteroatoms. The normalized spacial score (nSPS) is 10.4. The van der Waals surface area contributed by atoms with E-state index in [0.29, 0.717) is 10.7 Å². The Bertz CT molecular complexity index is 457. The van der Waals surface area contributed by atoms with Gasteiger partial charge in [-0.1, -0.05) is 23.2 Å². The Morgan fingerprint density at radius 2 is 1.94 bits per heavy atom. The summed E-state index contributed by atoms with van der Waals surface area (Å²) in [6.45, 7) is 0. The number of hydrogen-bond acceptors (Lipinski definition) is 2. The quantitative estimate of drug-likeness (QED) is 0.821. The van der Waals surface area contributed by atoms with Crippen LogP contribution < -0.4 is 5.32 Å². The van der Waals surface area contributed by atoms with Crippen molar-refractivity contribution in [3.8, 4) is 0 Å². The molecular weight excluding hydrogens is 253 g/mol. The first-order chi connectivity index (χ1) is 7.49. The second-order valence-corrected chi connectivity index (χ2v) is 3.63. The van der Waals surface area contributed by atoms with E-state index in [9.17, 15) is 9.59 Å². The summed E-state index contributed by atoms with van der Waals surface area (Å²) < 4.78 is 0. The molecule has 2 N–H and O–H groups in total. The summed E-state index contributed by atoms with van der Waals surface area (Å²) in [6, 6.07) is 4.56. The molecule has 0 aliphatic carbocycles. The van der Waals surface area contributed by atoms with Crippen LogP contribution in [0, 0.1) is 0 Å². The van der Waals surface area contributed by atoms with Crippen molar-refractivity contribution >= 4 is 40.8 Å². The van der Waals surface area contributed by atoms with Gasteiger partial charge in [0.05, 0.1) is 10.7 Å². The Balaban J connectivity index is 2.73. The van der Waals surface area contributed by atoms with Crippen LogP contribution >= 0.6 is 23.2 Å².